The molecule has 0 radical (unpaired) electrons. The highest BCUT2D eigenvalue weighted by Crippen LogP contribution is 2.07. The van der Waals surface area contributed by atoms with E-state index in [4.69, 9.17) is 16.7 Å². The van der Waals surface area contributed by atoms with Crippen molar-refractivity contribution in [3.05, 3.63) is 17.5 Å². The van der Waals surface area contributed by atoms with E-state index in [1.54, 1.807) is 0 Å². The van der Waals surface area contributed by atoms with E-state index in [2.05, 4.69) is 15.3 Å². The summed E-state index contributed by atoms with van der Waals surface area (Å²) in [6, 6.07) is 0. The van der Waals surface area contributed by atoms with Gasteiger partial charge in [-0.15, -0.1) is 0 Å². The lowest BCUT2D eigenvalue weighted by atomic mass is 10.4. The van der Waals surface area contributed by atoms with Crippen molar-refractivity contribution in [1.82, 2.24) is 9.97 Å². The lowest BCUT2D eigenvalue weighted by molar-refractivity contribution is 0.00380. The van der Waals surface area contributed by atoms with Gasteiger partial charge in [0, 0.05) is 6.54 Å². The van der Waals surface area contributed by atoms with Gasteiger partial charge in [-0.2, -0.15) is 0 Å². The fourth-order valence-electron chi connectivity index (χ4n) is 0.726. The van der Waals surface area contributed by atoms with Crippen LogP contribution in [-0.4, -0.2) is 34.1 Å². The average molecular weight is 224 g/mol. The van der Waals surface area contributed by atoms with E-state index < -0.39 is 12.5 Å². The largest absolute Gasteiger partial charge is 0.385 e. The molecule has 0 fully saturated rings. The van der Waals surface area contributed by atoms with E-state index in [9.17, 15) is 8.78 Å². The van der Waals surface area contributed by atoms with Gasteiger partial charge in [-0.1, -0.05) is 11.6 Å². The Morgan fingerprint density at radius 1 is 1.50 bits per heavy atom. The van der Waals surface area contributed by atoms with E-state index in [1.807, 2.05) is 0 Å². The van der Waals surface area contributed by atoms with Crippen LogP contribution in [0, 0.1) is 0 Å². The average Bonchev–Trinajstić information content (AvgIpc) is 2.14. The molecule has 1 rings (SSSR count). The monoisotopic (exact) mass is 223 g/mol. The zero-order chi connectivity index (χ0) is 10.6. The molecule has 14 heavy (non-hydrogen) atoms. The maximum atomic E-state index is 11.9. The molecule has 0 saturated heterocycles. The highest BCUT2D eigenvalue weighted by atomic mass is 35.5. The van der Waals surface area contributed by atoms with Crippen LogP contribution >= 0.6 is 11.6 Å². The number of aromatic nitrogens is 2. The first-order valence-electron chi connectivity index (χ1n) is 3.77. The molecule has 1 atom stereocenters. The van der Waals surface area contributed by atoms with Crippen LogP contribution in [0.25, 0.3) is 0 Å². The van der Waals surface area contributed by atoms with Crippen LogP contribution in [0.3, 0.4) is 0 Å². The third-order valence-electron chi connectivity index (χ3n) is 1.39. The van der Waals surface area contributed by atoms with Crippen LogP contribution in [0.1, 0.15) is 0 Å². The Bertz CT molecular complexity index is 300. The minimum atomic E-state index is -2.78. The summed E-state index contributed by atoms with van der Waals surface area (Å²) in [5, 5.41) is 11.4. The molecule has 0 aliphatic heterocycles. The maximum absolute atomic E-state index is 11.9. The number of nitrogens with zero attached hydrogens (tertiary/aromatic N) is 2. The van der Waals surface area contributed by atoms with Crippen molar-refractivity contribution in [3.8, 4) is 0 Å². The minimum absolute atomic E-state index is 0.154. The molecule has 0 saturated carbocycles. The molecule has 1 heterocycles. The number of hydrogen-bond acceptors (Lipinski definition) is 4. The number of anilines is 1. The van der Waals surface area contributed by atoms with Crippen molar-refractivity contribution < 1.29 is 13.9 Å². The number of nitrogens with one attached hydrogen (secondary N) is 1. The standard InChI is InChI=1S/C7H8ClF2N3O/c8-5-2-11-3-6(13-5)12-1-4(14)7(9)10/h2-4,7,14H,1H2,(H,12,13). The summed E-state index contributed by atoms with van der Waals surface area (Å²) < 4.78 is 23.7. The van der Waals surface area contributed by atoms with Crippen molar-refractivity contribution >= 4 is 17.4 Å². The van der Waals surface area contributed by atoms with E-state index in [0.29, 0.717) is 0 Å². The van der Waals surface area contributed by atoms with Crippen LogP contribution in [0.5, 0.6) is 0 Å². The van der Waals surface area contributed by atoms with E-state index >= 15 is 0 Å². The van der Waals surface area contributed by atoms with Crippen LogP contribution < -0.4 is 5.32 Å². The summed E-state index contributed by atoms with van der Waals surface area (Å²) in [5.41, 5.74) is 0. The molecule has 0 amide bonds. The Morgan fingerprint density at radius 3 is 2.79 bits per heavy atom. The highest BCUT2D eigenvalue weighted by Gasteiger charge is 2.16. The normalized spacial score (nSPS) is 12.9. The minimum Gasteiger partial charge on any atom is -0.385 e. The molecule has 0 aliphatic carbocycles. The molecule has 2 N–H and O–H groups in total. The van der Waals surface area contributed by atoms with Crippen LogP contribution in [0.4, 0.5) is 14.6 Å². The predicted octanol–water partition coefficient (Wildman–Crippen LogP) is 1.17. The van der Waals surface area contributed by atoms with Gasteiger partial charge < -0.3 is 10.4 Å². The molecule has 0 bridgehead atoms. The second-order valence-electron chi connectivity index (χ2n) is 2.51. The quantitative estimate of drug-likeness (QED) is 0.805. The second kappa shape index (κ2) is 5.02. The summed E-state index contributed by atoms with van der Waals surface area (Å²) in [7, 11) is 0. The zero-order valence-corrected chi connectivity index (χ0v) is 7.75. The van der Waals surface area contributed by atoms with Gasteiger partial charge in [0.1, 0.15) is 17.1 Å². The number of hydrogen-bond donors (Lipinski definition) is 2. The van der Waals surface area contributed by atoms with E-state index in [-0.39, 0.29) is 17.5 Å². The molecule has 7 heteroatoms. The summed E-state index contributed by atoms with van der Waals surface area (Å²) in [6.07, 6.45) is -1.87. The number of halogens is 3. The Hall–Kier alpha value is -1.01. The highest BCUT2D eigenvalue weighted by molar-refractivity contribution is 6.29. The Balaban J connectivity index is 2.45. The predicted molar refractivity (Wildman–Crippen MR) is 47.5 cm³/mol. The van der Waals surface area contributed by atoms with Crippen molar-refractivity contribution in [2.45, 2.75) is 12.5 Å². The number of aliphatic hydroxyl groups is 1. The van der Waals surface area contributed by atoms with Gasteiger partial charge in [-0.3, -0.25) is 4.98 Å². The van der Waals surface area contributed by atoms with Gasteiger partial charge >= 0.3 is 0 Å². The third kappa shape index (κ3) is 3.39. The Morgan fingerprint density at radius 2 is 2.21 bits per heavy atom. The van der Waals surface area contributed by atoms with Gasteiger partial charge in [0.2, 0.25) is 0 Å². The molecule has 0 spiro atoms. The number of rotatable bonds is 4. The van der Waals surface area contributed by atoms with Crippen molar-refractivity contribution in [1.29, 1.82) is 0 Å². The van der Waals surface area contributed by atoms with Gasteiger partial charge in [0.15, 0.2) is 0 Å². The first kappa shape index (κ1) is 11.1. The molecule has 1 aromatic rings. The molecule has 1 unspecified atom stereocenters. The van der Waals surface area contributed by atoms with Crippen molar-refractivity contribution in [2.75, 3.05) is 11.9 Å². The fraction of sp³-hybridized carbons (Fsp3) is 0.429. The Kier molecular flexibility index (Phi) is 3.97. The van der Waals surface area contributed by atoms with Crippen LogP contribution in [0.15, 0.2) is 12.4 Å². The van der Waals surface area contributed by atoms with Gasteiger partial charge in [-0.25, -0.2) is 13.8 Å². The molecule has 4 nitrogen and oxygen atoms in total. The number of aliphatic hydroxyl groups excluding tert-OH is 1. The second-order valence-corrected chi connectivity index (χ2v) is 2.90. The SMILES string of the molecule is OC(CNc1cncc(Cl)n1)C(F)F. The summed E-state index contributed by atoms with van der Waals surface area (Å²) in [4.78, 5) is 7.42. The van der Waals surface area contributed by atoms with Crippen LogP contribution in [0.2, 0.25) is 5.15 Å². The summed E-state index contributed by atoms with van der Waals surface area (Å²) >= 11 is 5.50. The van der Waals surface area contributed by atoms with Gasteiger partial charge in [0.05, 0.1) is 12.4 Å². The first-order chi connectivity index (χ1) is 6.59. The van der Waals surface area contributed by atoms with Crippen LogP contribution in [-0.2, 0) is 0 Å². The van der Waals surface area contributed by atoms with E-state index in [1.165, 1.54) is 12.4 Å². The topological polar surface area (TPSA) is 58.0 Å². The van der Waals surface area contributed by atoms with Crippen molar-refractivity contribution in [2.24, 2.45) is 0 Å². The van der Waals surface area contributed by atoms with Crippen molar-refractivity contribution in [3.63, 3.8) is 0 Å². The smallest absolute Gasteiger partial charge is 0.265 e. The fourth-order valence-corrected chi connectivity index (χ4v) is 0.873. The summed E-state index contributed by atoms with van der Waals surface area (Å²) in [6.45, 7) is -0.299. The van der Waals surface area contributed by atoms with Gasteiger partial charge in [0.25, 0.3) is 6.43 Å². The maximum Gasteiger partial charge on any atom is 0.265 e. The first-order valence-corrected chi connectivity index (χ1v) is 4.15. The summed E-state index contributed by atoms with van der Waals surface area (Å²) in [5.74, 6) is 0.247. The van der Waals surface area contributed by atoms with Gasteiger partial charge in [-0.05, 0) is 0 Å². The molecular weight excluding hydrogens is 216 g/mol. The van der Waals surface area contributed by atoms with E-state index in [0.717, 1.165) is 0 Å². The molecule has 0 aromatic carbocycles. The Labute approximate surface area is 83.9 Å². The third-order valence-corrected chi connectivity index (χ3v) is 1.57. The zero-order valence-electron chi connectivity index (χ0n) is 6.99. The molecule has 0 aliphatic rings. The molecule has 1 aromatic heterocycles. The number of alkyl halides is 2. The lowest BCUT2D eigenvalue weighted by Crippen LogP contribution is -2.27. The molecule has 78 valence electrons. The lowest BCUT2D eigenvalue weighted by Gasteiger charge is -2.10. The molecular formula is C7H8ClF2N3O.